The first-order valence-corrected chi connectivity index (χ1v) is 12.8. The summed E-state index contributed by atoms with van der Waals surface area (Å²) in [6.07, 6.45) is -2.64. The molecule has 1 aromatic carbocycles. The number of rotatable bonds is 12. The van der Waals surface area contributed by atoms with Crippen molar-refractivity contribution in [2.45, 2.75) is 38.3 Å². The summed E-state index contributed by atoms with van der Waals surface area (Å²) in [5.41, 5.74) is 0.142. The van der Waals surface area contributed by atoms with Crippen LogP contribution >= 0.6 is 0 Å². The van der Waals surface area contributed by atoms with Crippen molar-refractivity contribution < 1.29 is 48.8 Å². The number of carboxylic acids is 2. The number of para-hydroxylation sites is 1. The van der Waals surface area contributed by atoms with Gasteiger partial charge in [0, 0.05) is 57.1 Å². The second-order valence-electron chi connectivity index (χ2n) is 8.95. The van der Waals surface area contributed by atoms with E-state index in [4.69, 9.17) is 9.47 Å². The van der Waals surface area contributed by atoms with Gasteiger partial charge in [0.1, 0.15) is 17.5 Å². The van der Waals surface area contributed by atoms with E-state index in [2.05, 4.69) is 10.3 Å². The molecule has 2 unspecified atom stereocenters. The van der Waals surface area contributed by atoms with Gasteiger partial charge in [-0.3, -0.25) is 14.4 Å². The fourth-order valence-corrected chi connectivity index (χ4v) is 4.16. The molecule has 2 aromatic rings. The van der Waals surface area contributed by atoms with Gasteiger partial charge in [0.15, 0.2) is 6.10 Å². The van der Waals surface area contributed by atoms with Crippen LogP contribution in [0, 0.1) is 0 Å². The second-order valence-corrected chi connectivity index (χ2v) is 8.95. The van der Waals surface area contributed by atoms with Gasteiger partial charge in [0.05, 0.1) is 12.1 Å². The van der Waals surface area contributed by atoms with E-state index in [-0.39, 0.29) is 63.5 Å². The molecule has 14 heteroatoms. The lowest BCUT2D eigenvalue weighted by Gasteiger charge is -2.35. The van der Waals surface area contributed by atoms with Gasteiger partial charge in [0.2, 0.25) is 5.91 Å². The van der Waals surface area contributed by atoms with E-state index >= 15 is 0 Å². The van der Waals surface area contributed by atoms with Crippen molar-refractivity contribution in [3.8, 4) is 5.75 Å². The molecule has 216 valence electrons. The summed E-state index contributed by atoms with van der Waals surface area (Å²) in [5.74, 6) is -3.71. The zero-order valence-corrected chi connectivity index (χ0v) is 21.9. The molecule has 2 atom stereocenters. The number of pyridine rings is 1. The molecule has 0 spiro atoms. The van der Waals surface area contributed by atoms with Crippen LogP contribution in [0.25, 0.3) is 10.9 Å². The van der Waals surface area contributed by atoms with E-state index < -0.39 is 48.6 Å². The summed E-state index contributed by atoms with van der Waals surface area (Å²) in [4.78, 5) is 68.6. The number of carboxylic acid groups (broad SMARTS) is 2. The number of aliphatic hydroxyl groups excluding tert-OH is 1. The van der Waals surface area contributed by atoms with Crippen LogP contribution in [0.5, 0.6) is 5.75 Å². The van der Waals surface area contributed by atoms with Gasteiger partial charge in [0.25, 0.3) is 5.91 Å². The Labute approximate surface area is 229 Å². The minimum Gasteiger partial charge on any atom is -0.481 e. The number of benzene rings is 1. The molecule has 0 bridgehead atoms. The Morgan fingerprint density at radius 1 is 1.02 bits per heavy atom. The molecule has 1 fully saturated rings. The lowest BCUT2D eigenvalue weighted by Crippen LogP contribution is -2.56. The molecule has 0 aliphatic carbocycles. The topological polar surface area (TPSA) is 196 Å². The Bertz CT molecular complexity index is 1250. The van der Waals surface area contributed by atoms with E-state index in [9.17, 15) is 39.3 Å². The van der Waals surface area contributed by atoms with Gasteiger partial charge in [-0.05, 0) is 25.5 Å². The number of hydrogen-bond acceptors (Lipinski definition) is 9. The number of carbonyl (C=O) groups is 5. The van der Waals surface area contributed by atoms with Gasteiger partial charge in [-0.25, -0.2) is 14.6 Å². The maximum absolute atomic E-state index is 13.3. The predicted octanol–water partition coefficient (Wildman–Crippen LogP) is 0.713. The molecule has 4 N–H and O–H groups in total. The molecule has 0 radical (unpaired) electrons. The molecule has 0 saturated carbocycles. The van der Waals surface area contributed by atoms with Crippen molar-refractivity contribution in [2.75, 3.05) is 39.4 Å². The highest BCUT2D eigenvalue weighted by Gasteiger charge is 2.31. The summed E-state index contributed by atoms with van der Waals surface area (Å²) in [6, 6.07) is 6.61. The number of nitrogens with one attached hydrogen (secondary N) is 1. The van der Waals surface area contributed by atoms with Crippen LogP contribution in [0.2, 0.25) is 0 Å². The maximum atomic E-state index is 13.3. The fraction of sp³-hybridized carbons (Fsp3) is 0.462. The summed E-state index contributed by atoms with van der Waals surface area (Å²) in [6.45, 7) is 2.25. The number of amides is 3. The molecule has 14 nitrogen and oxygen atoms in total. The van der Waals surface area contributed by atoms with Crippen LogP contribution in [-0.4, -0.2) is 111 Å². The molecular formula is C26H32N4O10. The number of carbonyl (C=O) groups excluding carboxylic acids is 3. The number of aliphatic carboxylic acids is 2. The van der Waals surface area contributed by atoms with E-state index in [1.54, 1.807) is 31.2 Å². The largest absolute Gasteiger partial charge is 0.481 e. The Balaban J connectivity index is 1.82. The highest BCUT2D eigenvalue weighted by Crippen LogP contribution is 2.27. The lowest BCUT2D eigenvalue weighted by atomic mass is 10.1. The third-order valence-electron chi connectivity index (χ3n) is 6.21. The number of aromatic nitrogens is 1. The van der Waals surface area contributed by atoms with Gasteiger partial charge >= 0.3 is 18.0 Å². The molecular weight excluding hydrogens is 528 g/mol. The SMILES string of the molecule is CCOC(=O)N1CCN(C(=O)C(CCC(=O)O)NC(=O)c2cc(OC(CCO)C(=O)O)c3ccccc3n2)CC1. The Morgan fingerprint density at radius 3 is 2.33 bits per heavy atom. The van der Waals surface area contributed by atoms with Gasteiger partial charge in [-0.2, -0.15) is 0 Å². The van der Waals surface area contributed by atoms with Crippen LogP contribution < -0.4 is 10.1 Å². The number of piperazine rings is 1. The fourth-order valence-electron chi connectivity index (χ4n) is 4.16. The predicted molar refractivity (Wildman–Crippen MR) is 139 cm³/mol. The highest BCUT2D eigenvalue weighted by atomic mass is 16.6. The number of fused-ring (bicyclic) bond motifs is 1. The van der Waals surface area contributed by atoms with Crippen LogP contribution in [0.3, 0.4) is 0 Å². The summed E-state index contributed by atoms with van der Waals surface area (Å²) in [5, 5.41) is 30.8. The molecule has 40 heavy (non-hydrogen) atoms. The van der Waals surface area contributed by atoms with Crippen molar-refractivity contribution in [2.24, 2.45) is 0 Å². The summed E-state index contributed by atoms with van der Waals surface area (Å²) in [7, 11) is 0. The second kappa shape index (κ2) is 14.1. The highest BCUT2D eigenvalue weighted by molar-refractivity contribution is 5.99. The Kier molecular flexibility index (Phi) is 10.6. The molecule has 1 aliphatic heterocycles. The van der Waals surface area contributed by atoms with E-state index in [1.165, 1.54) is 15.9 Å². The van der Waals surface area contributed by atoms with Crippen molar-refractivity contribution >= 4 is 40.7 Å². The average Bonchev–Trinajstić information content (AvgIpc) is 2.94. The van der Waals surface area contributed by atoms with Crippen molar-refractivity contribution in [3.63, 3.8) is 0 Å². The zero-order chi connectivity index (χ0) is 29.2. The molecule has 1 aromatic heterocycles. The van der Waals surface area contributed by atoms with Gasteiger partial charge in [-0.1, -0.05) is 12.1 Å². The number of aliphatic hydroxyl groups is 1. The monoisotopic (exact) mass is 560 g/mol. The van der Waals surface area contributed by atoms with Gasteiger partial charge < -0.3 is 39.9 Å². The number of hydrogen-bond donors (Lipinski definition) is 4. The zero-order valence-electron chi connectivity index (χ0n) is 21.9. The normalized spacial score (nSPS) is 14.8. The third kappa shape index (κ3) is 7.79. The van der Waals surface area contributed by atoms with Crippen LogP contribution in [-0.2, 0) is 19.1 Å². The summed E-state index contributed by atoms with van der Waals surface area (Å²) < 4.78 is 10.6. The van der Waals surface area contributed by atoms with E-state index in [0.717, 1.165) is 0 Å². The molecule has 3 amide bonds. The molecule has 1 aliphatic rings. The molecule has 2 heterocycles. The van der Waals surface area contributed by atoms with Crippen molar-refractivity contribution in [1.82, 2.24) is 20.1 Å². The number of nitrogens with zero attached hydrogens (tertiary/aromatic N) is 3. The third-order valence-corrected chi connectivity index (χ3v) is 6.21. The Morgan fingerprint density at radius 2 is 1.70 bits per heavy atom. The van der Waals surface area contributed by atoms with E-state index in [0.29, 0.717) is 10.9 Å². The Hall–Kier alpha value is -4.46. The number of ether oxygens (including phenoxy) is 2. The van der Waals surface area contributed by atoms with Crippen molar-refractivity contribution in [1.29, 1.82) is 0 Å². The quantitative estimate of drug-likeness (QED) is 0.285. The maximum Gasteiger partial charge on any atom is 0.409 e. The van der Waals surface area contributed by atoms with E-state index in [1.807, 2.05) is 0 Å². The smallest absolute Gasteiger partial charge is 0.409 e. The molecule has 3 rings (SSSR count). The first-order chi connectivity index (χ1) is 19.1. The average molecular weight is 561 g/mol. The minimum absolute atomic E-state index is 0.0418. The van der Waals surface area contributed by atoms with Gasteiger partial charge in [-0.15, -0.1) is 0 Å². The van der Waals surface area contributed by atoms with Crippen LogP contribution in [0.1, 0.15) is 36.7 Å². The van der Waals surface area contributed by atoms with Crippen LogP contribution in [0.4, 0.5) is 4.79 Å². The standard InChI is InChI=1S/C26H32N4O10/c1-2-39-26(38)30-12-10-29(11-13-30)24(35)18(7-8-22(32)33)28-23(34)19-15-21(40-20(9-14-31)25(36)37)16-5-3-4-6-17(16)27-19/h3-6,15,18,20,31H,2,7-14H2,1H3,(H,28,34)(H,32,33)(H,36,37). The first-order valence-electron chi connectivity index (χ1n) is 12.8. The summed E-state index contributed by atoms with van der Waals surface area (Å²) >= 11 is 0. The van der Waals surface area contributed by atoms with Crippen molar-refractivity contribution in [3.05, 3.63) is 36.0 Å². The minimum atomic E-state index is -1.38. The van der Waals surface area contributed by atoms with Crippen LogP contribution in [0.15, 0.2) is 30.3 Å². The molecule has 1 saturated heterocycles. The lowest BCUT2D eigenvalue weighted by molar-refractivity contribution is -0.145. The first kappa shape index (κ1) is 30.1.